The molecule has 3 aromatic rings. The number of unbranched alkanes of at least 4 members (excludes halogenated alkanes) is 6. The molecule has 160 valence electrons. The summed E-state index contributed by atoms with van der Waals surface area (Å²) in [5.41, 5.74) is 4.10. The van der Waals surface area contributed by atoms with Gasteiger partial charge in [-0.25, -0.2) is 4.98 Å². The van der Waals surface area contributed by atoms with Crippen LogP contribution in [0.3, 0.4) is 0 Å². The Bertz CT molecular complexity index is 927. The molecule has 1 amide bonds. The number of hydrogen-bond donors (Lipinski definition) is 1. The van der Waals surface area contributed by atoms with E-state index < -0.39 is 0 Å². The van der Waals surface area contributed by atoms with Gasteiger partial charge in [-0.1, -0.05) is 75.3 Å². The summed E-state index contributed by atoms with van der Waals surface area (Å²) >= 11 is 0. The number of nitrogens with one attached hydrogen (secondary N) is 1. The van der Waals surface area contributed by atoms with Gasteiger partial charge >= 0.3 is 0 Å². The van der Waals surface area contributed by atoms with Crippen LogP contribution in [0, 0.1) is 6.92 Å². The molecule has 1 N–H and O–H groups in total. The first-order chi connectivity index (χ1) is 14.7. The standard InChI is InChI=1S/C26H35N3O/c1-3-4-5-6-7-8-11-20-29-24-13-10-9-12-23(24)28-25(29)18-19-27-26(30)22-16-14-21(2)15-17-22/h9-10,12-17H,3-8,11,18-20H2,1-2H3,(H,27,30). The smallest absolute Gasteiger partial charge is 0.251 e. The summed E-state index contributed by atoms with van der Waals surface area (Å²) in [6, 6.07) is 16.0. The Hall–Kier alpha value is -2.62. The van der Waals surface area contributed by atoms with Gasteiger partial charge in [0.25, 0.3) is 5.91 Å². The molecule has 0 aliphatic heterocycles. The number of hydrogen-bond acceptors (Lipinski definition) is 2. The molecule has 0 unspecified atom stereocenters. The Morgan fingerprint density at radius 3 is 2.40 bits per heavy atom. The highest BCUT2D eigenvalue weighted by atomic mass is 16.1. The molecule has 1 aromatic heterocycles. The monoisotopic (exact) mass is 405 g/mol. The van der Waals surface area contributed by atoms with Gasteiger partial charge in [-0.2, -0.15) is 0 Å². The highest BCUT2D eigenvalue weighted by molar-refractivity contribution is 5.94. The molecule has 0 atom stereocenters. The normalized spacial score (nSPS) is 11.1. The van der Waals surface area contributed by atoms with Gasteiger partial charge in [-0.05, 0) is 37.6 Å². The predicted molar refractivity (Wildman–Crippen MR) is 125 cm³/mol. The van der Waals surface area contributed by atoms with Gasteiger partial charge in [0.15, 0.2) is 0 Å². The molecular weight excluding hydrogens is 370 g/mol. The number of nitrogens with zero attached hydrogens (tertiary/aromatic N) is 2. The summed E-state index contributed by atoms with van der Waals surface area (Å²) in [5.74, 6) is 1.04. The summed E-state index contributed by atoms with van der Waals surface area (Å²) < 4.78 is 2.35. The zero-order valence-corrected chi connectivity index (χ0v) is 18.5. The lowest BCUT2D eigenvalue weighted by molar-refractivity contribution is 0.0954. The van der Waals surface area contributed by atoms with E-state index in [4.69, 9.17) is 4.98 Å². The van der Waals surface area contributed by atoms with Gasteiger partial charge in [0, 0.05) is 25.1 Å². The Kier molecular flexibility index (Phi) is 8.49. The molecular formula is C26H35N3O. The fourth-order valence-corrected chi connectivity index (χ4v) is 3.89. The van der Waals surface area contributed by atoms with Crippen LogP contribution in [-0.2, 0) is 13.0 Å². The summed E-state index contributed by atoms with van der Waals surface area (Å²) in [6.45, 7) is 5.87. The fourth-order valence-electron chi connectivity index (χ4n) is 3.89. The molecule has 3 rings (SSSR count). The molecule has 0 spiro atoms. The number of amides is 1. The van der Waals surface area contributed by atoms with Crippen LogP contribution >= 0.6 is 0 Å². The average Bonchev–Trinajstić information content (AvgIpc) is 3.11. The van der Waals surface area contributed by atoms with Gasteiger partial charge in [0.1, 0.15) is 5.82 Å². The van der Waals surface area contributed by atoms with Crippen molar-refractivity contribution in [3.63, 3.8) is 0 Å². The number of carbonyl (C=O) groups excluding carboxylic acids is 1. The quantitative estimate of drug-likeness (QED) is 0.372. The molecule has 0 bridgehead atoms. The third-order valence-electron chi connectivity index (χ3n) is 5.67. The Balaban J connectivity index is 1.55. The van der Waals surface area contributed by atoms with Crippen molar-refractivity contribution in [3.05, 3.63) is 65.5 Å². The van der Waals surface area contributed by atoms with E-state index in [1.165, 1.54) is 50.5 Å². The SMILES string of the molecule is CCCCCCCCCn1c(CCNC(=O)c2ccc(C)cc2)nc2ccccc21. The lowest BCUT2D eigenvalue weighted by Gasteiger charge is -2.10. The summed E-state index contributed by atoms with van der Waals surface area (Å²) in [5, 5.41) is 3.04. The van der Waals surface area contributed by atoms with Crippen LogP contribution < -0.4 is 5.32 Å². The van der Waals surface area contributed by atoms with E-state index in [2.05, 4.69) is 35.0 Å². The number of fused-ring (bicyclic) bond motifs is 1. The van der Waals surface area contributed by atoms with E-state index >= 15 is 0 Å². The van der Waals surface area contributed by atoms with Gasteiger partial charge in [-0.15, -0.1) is 0 Å². The molecule has 0 saturated heterocycles. The Labute approximate surface area is 180 Å². The first-order valence-corrected chi connectivity index (χ1v) is 11.5. The number of rotatable bonds is 12. The molecule has 0 radical (unpaired) electrons. The summed E-state index contributed by atoms with van der Waals surface area (Å²) in [4.78, 5) is 17.2. The van der Waals surface area contributed by atoms with Crippen LogP contribution in [0.25, 0.3) is 11.0 Å². The molecule has 4 heteroatoms. The zero-order chi connectivity index (χ0) is 21.2. The van der Waals surface area contributed by atoms with Crippen LogP contribution in [0.1, 0.15) is 73.6 Å². The zero-order valence-electron chi connectivity index (χ0n) is 18.5. The molecule has 0 aliphatic carbocycles. The second-order valence-electron chi connectivity index (χ2n) is 8.16. The molecule has 4 nitrogen and oxygen atoms in total. The van der Waals surface area contributed by atoms with Crippen LogP contribution in [0.2, 0.25) is 0 Å². The largest absolute Gasteiger partial charge is 0.352 e. The van der Waals surface area contributed by atoms with Crippen LogP contribution in [0.5, 0.6) is 0 Å². The topological polar surface area (TPSA) is 46.9 Å². The minimum absolute atomic E-state index is 0.0234. The van der Waals surface area contributed by atoms with Crippen LogP contribution in [0.4, 0.5) is 0 Å². The number of aryl methyl sites for hydroxylation is 2. The summed E-state index contributed by atoms with van der Waals surface area (Å²) in [6.07, 6.45) is 9.84. The molecule has 2 aromatic carbocycles. The van der Waals surface area contributed by atoms with Crippen LogP contribution in [-0.4, -0.2) is 22.0 Å². The first kappa shape index (κ1) is 22.1. The Morgan fingerprint density at radius 1 is 0.933 bits per heavy atom. The number of para-hydroxylation sites is 2. The van der Waals surface area contributed by atoms with E-state index in [1.54, 1.807) is 0 Å². The molecule has 0 aliphatic rings. The molecule has 0 fully saturated rings. The van der Waals surface area contributed by atoms with Gasteiger partial charge in [0.05, 0.1) is 11.0 Å². The third kappa shape index (κ3) is 6.19. The van der Waals surface area contributed by atoms with Crippen molar-refractivity contribution in [2.75, 3.05) is 6.54 Å². The van der Waals surface area contributed by atoms with Crippen molar-refractivity contribution in [2.45, 2.75) is 71.8 Å². The first-order valence-electron chi connectivity index (χ1n) is 11.5. The van der Waals surface area contributed by atoms with Crippen molar-refractivity contribution in [1.82, 2.24) is 14.9 Å². The van der Waals surface area contributed by atoms with Crippen molar-refractivity contribution in [3.8, 4) is 0 Å². The van der Waals surface area contributed by atoms with E-state index in [-0.39, 0.29) is 5.91 Å². The minimum atomic E-state index is -0.0234. The van der Waals surface area contributed by atoms with Crippen LogP contribution in [0.15, 0.2) is 48.5 Å². The van der Waals surface area contributed by atoms with Crippen molar-refractivity contribution < 1.29 is 4.79 Å². The van der Waals surface area contributed by atoms with Gasteiger partial charge < -0.3 is 9.88 Å². The highest BCUT2D eigenvalue weighted by Crippen LogP contribution is 2.18. The van der Waals surface area contributed by atoms with E-state index in [1.807, 2.05) is 37.3 Å². The minimum Gasteiger partial charge on any atom is -0.352 e. The van der Waals surface area contributed by atoms with E-state index in [9.17, 15) is 4.79 Å². The fraction of sp³-hybridized carbons (Fsp3) is 0.462. The van der Waals surface area contributed by atoms with Gasteiger partial charge in [0.2, 0.25) is 0 Å². The van der Waals surface area contributed by atoms with Crippen molar-refractivity contribution in [2.24, 2.45) is 0 Å². The lowest BCUT2D eigenvalue weighted by atomic mass is 10.1. The maximum Gasteiger partial charge on any atom is 0.251 e. The second-order valence-corrected chi connectivity index (χ2v) is 8.16. The third-order valence-corrected chi connectivity index (χ3v) is 5.67. The Morgan fingerprint density at radius 2 is 1.63 bits per heavy atom. The molecule has 1 heterocycles. The predicted octanol–water partition coefficient (Wildman–Crippen LogP) is 6.07. The number of carbonyl (C=O) groups is 1. The summed E-state index contributed by atoms with van der Waals surface area (Å²) in [7, 11) is 0. The molecule has 30 heavy (non-hydrogen) atoms. The highest BCUT2D eigenvalue weighted by Gasteiger charge is 2.11. The maximum absolute atomic E-state index is 12.4. The maximum atomic E-state index is 12.4. The van der Waals surface area contributed by atoms with E-state index in [0.29, 0.717) is 12.1 Å². The average molecular weight is 406 g/mol. The molecule has 0 saturated carbocycles. The van der Waals surface area contributed by atoms with Gasteiger partial charge in [-0.3, -0.25) is 4.79 Å². The van der Waals surface area contributed by atoms with E-state index in [0.717, 1.165) is 29.9 Å². The number of benzene rings is 2. The lowest BCUT2D eigenvalue weighted by Crippen LogP contribution is -2.26. The van der Waals surface area contributed by atoms with Crippen molar-refractivity contribution in [1.29, 1.82) is 0 Å². The second kappa shape index (κ2) is 11.5. The number of imidazole rings is 1. The van der Waals surface area contributed by atoms with Crippen molar-refractivity contribution >= 4 is 16.9 Å². The number of aromatic nitrogens is 2.